The molecule has 1 atom stereocenters. The molecule has 3 aromatic rings. The quantitative estimate of drug-likeness (QED) is 0.367. The molecule has 0 spiro atoms. The average Bonchev–Trinajstić information content (AvgIpc) is 2.75. The van der Waals surface area contributed by atoms with E-state index in [-0.39, 0.29) is 0 Å². The molecule has 3 rings (SSSR count). The van der Waals surface area contributed by atoms with E-state index < -0.39 is 11.8 Å². The highest BCUT2D eigenvalue weighted by atomic mass is 19.3. The maximum absolute atomic E-state index is 14.0. The van der Waals surface area contributed by atoms with Gasteiger partial charge in [0.1, 0.15) is 11.5 Å². The van der Waals surface area contributed by atoms with Crippen molar-refractivity contribution in [3.63, 3.8) is 0 Å². The van der Waals surface area contributed by atoms with Crippen LogP contribution in [0.2, 0.25) is 0 Å². The van der Waals surface area contributed by atoms with Gasteiger partial charge in [0.2, 0.25) is 12.3 Å². The van der Waals surface area contributed by atoms with E-state index in [1.165, 1.54) is 0 Å². The van der Waals surface area contributed by atoms with E-state index in [9.17, 15) is 8.78 Å². The number of hydrogen-bond acceptors (Lipinski definition) is 3. The topological polar surface area (TPSA) is 31.4 Å². The Hall–Kier alpha value is -2.95. The van der Waals surface area contributed by atoms with Gasteiger partial charge in [-0.25, -0.2) is 13.8 Å². The van der Waals surface area contributed by atoms with Crippen molar-refractivity contribution in [2.75, 3.05) is 6.61 Å². The Morgan fingerprint density at radius 2 is 1.63 bits per heavy atom. The molecular formula is C25H27F2NO2. The lowest BCUT2D eigenvalue weighted by Crippen LogP contribution is -2.31. The van der Waals surface area contributed by atoms with Crippen molar-refractivity contribution in [3.05, 3.63) is 84.1 Å². The first-order valence-corrected chi connectivity index (χ1v) is 10.2. The number of hydrogen-bond donors (Lipinski definition) is 0. The third kappa shape index (κ3) is 5.56. The van der Waals surface area contributed by atoms with Gasteiger partial charge in [0.15, 0.2) is 0 Å². The number of aryl methyl sites for hydroxylation is 1. The second-order valence-corrected chi connectivity index (χ2v) is 7.41. The summed E-state index contributed by atoms with van der Waals surface area (Å²) in [6.45, 7) is 4.06. The molecule has 0 saturated carbocycles. The third-order valence-corrected chi connectivity index (χ3v) is 5.18. The molecule has 0 saturated heterocycles. The summed E-state index contributed by atoms with van der Waals surface area (Å²) in [4.78, 5) is 4.51. The third-order valence-electron chi connectivity index (χ3n) is 5.18. The Balaban J connectivity index is 1.63. The maximum Gasteiger partial charge on any atom is 0.247 e. The summed E-state index contributed by atoms with van der Waals surface area (Å²) in [5.74, 6) is 1.90. The lowest BCUT2D eigenvalue weighted by Gasteiger charge is -2.29. The molecule has 158 valence electrons. The average molecular weight is 411 g/mol. The number of benzene rings is 2. The normalized spacial score (nSPS) is 13.1. The van der Waals surface area contributed by atoms with Crippen LogP contribution < -0.4 is 9.47 Å². The van der Waals surface area contributed by atoms with Gasteiger partial charge in [-0.05, 0) is 62.1 Å². The molecule has 1 heterocycles. The Morgan fingerprint density at radius 1 is 0.900 bits per heavy atom. The first kappa shape index (κ1) is 21.8. The molecule has 2 aromatic carbocycles. The summed E-state index contributed by atoms with van der Waals surface area (Å²) >= 11 is 0. The van der Waals surface area contributed by atoms with Gasteiger partial charge in [0.05, 0.1) is 12.0 Å². The van der Waals surface area contributed by atoms with E-state index in [1.807, 2.05) is 49.4 Å². The lowest BCUT2D eigenvalue weighted by atomic mass is 9.78. The lowest BCUT2D eigenvalue weighted by molar-refractivity contribution is 0.0526. The van der Waals surface area contributed by atoms with Crippen molar-refractivity contribution in [1.29, 1.82) is 0 Å². The fourth-order valence-corrected chi connectivity index (χ4v) is 3.38. The predicted molar refractivity (Wildman–Crippen MR) is 115 cm³/mol. The van der Waals surface area contributed by atoms with Crippen molar-refractivity contribution in [1.82, 2.24) is 4.98 Å². The van der Waals surface area contributed by atoms with Gasteiger partial charge in [-0.15, -0.1) is 0 Å². The molecule has 0 amide bonds. The van der Waals surface area contributed by atoms with Crippen LogP contribution in [0.25, 0.3) is 0 Å². The highest BCUT2D eigenvalue weighted by Gasteiger charge is 2.36. The number of pyridine rings is 1. The van der Waals surface area contributed by atoms with Gasteiger partial charge in [0.25, 0.3) is 0 Å². The van der Waals surface area contributed by atoms with Crippen LogP contribution >= 0.6 is 0 Å². The summed E-state index contributed by atoms with van der Waals surface area (Å²) in [7, 11) is 0. The molecular weight excluding hydrogens is 384 g/mol. The number of nitrogens with zero attached hydrogens (tertiary/aromatic N) is 1. The Bertz CT molecular complexity index is 916. The SMILES string of the molecule is CCOc1ccc(C(C)(CCCc2cccc(Oc3ccccc3)n2)C(F)F)cc1. The van der Waals surface area contributed by atoms with Gasteiger partial charge in [-0.2, -0.15) is 0 Å². The van der Waals surface area contributed by atoms with E-state index in [1.54, 1.807) is 37.3 Å². The van der Waals surface area contributed by atoms with Crippen LogP contribution in [0.15, 0.2) is 72.8 Å². The van der Waals surface area contributed by atoms with Gasteiger partial charge >= 0.3 is 0 Å². The van der Waals surface area contributed by atoms with Gasteiger partial charge in [-0.1, -0.05) is 43.3 Å². The van der Waals surface area contributed by atoms with Crippen LogP contribution in [0.5, 0.6) is 17.4 Å². The van der Waals surface area contributed by atoms with Crippen molar-refractivity contribution < 1.29 is 18.3 Å². The van der Waals surface area contributed by atoms with Crippen molar-refractivity contribution in [2.24, 2.45) is 0 Å². The second kappa shape index (κ2) is 10.2. The predicted octanol–water partition coefficient (Wildman–Crippen LogP) is 6.82. The van der Waals surface area contributed by atoms with E-state index in [0.29, 0.717) is 48.8 Å². The number of halogens is 2. The molecule has 0 fully saturated rings. The zero-order valence-electron chi connectivity index (χ0n) is 17.4. The Kier molecular flexibility index (Phi) is 7.39. The Labute approximate surface area is 176 Å². The van der Waals surface area contributed by atoms with E-state index in [2.05, 4.69) is 4.98 Å². The van der Waals surface area contributed by atoms with Crippen molar-refractivity contribution in [3.8, 4) is 17.4 Å². The zero-order valence-corrected chi connectivity index (χ0v) is 17.4. The Morgan fingerprint density at radius 3 is 2.30 bits per heavy atom. The molecule has 0 radical (unpaired) electrons. The number of para-hydroxylation sites is 1. The van der Waals surface area contributed by atoms with E-state index in [4.69, 9.17) is 9.47 Å². The van der Waals surface area contributed by atoms with Gasteiger partial charge in [-0.3, -0.25) is 0 Å². The van der Waals surface area contributed by atoms with Gasteiger partial charge < -0.3 is 9.47 Å². The van der Waals surface area contributed by atoms with E-state index in [0.717, 1.165) is 5.69 Å². The first-order valence-electron chi connectivity index (χ1n) is 10.2. The summed E-state index contributed by atoms with van der Waals surface area (Å²) < 4.78 is 39.1. The standard InChI is InChI=1S/C25H27F2NO2/c1-3-29-21-16-14-19(15-17-21)25(2,24(26)27)18-8-10-20-9-7-13-23(28-20)30-22-11-5-4-6-12-22/h4-7,9,11-17,24H,3,8,10,18H2,1-2H3. The maximum atomic E-state index is 14.0. The number of alkyl halides is 2. The summed E-state index contributed by atoms with van der Waals surface area (Å²) in [6.07, 6.45) is -0.915. The molecule has 30 heavy (non-hydrogen) atoms. The second-order valence-electron chi connectivity index (χ2n) is 7.41. The largest absolute Gasteiger partial charge is 0.494 e. The molecule has 1 unspecified atom stereocenters. The highest BCUT2D eigenvalue weighted by molar-refractivity contribution is 5.33. The highest BCUT2D eigenvalue weighted by Crippen LogP contribution is 2.36. The summed E-state index contributed by atoms with van der Waals surface area (Å²) in [5.41, 5.74) is 0.227. The molecule has 0 N–H and O–H groups in total. The molecule has 5 heteroatoms. The molecule has 3 nitrogen and oxygen atoms in total. The minimum atomic E-state index is -2.46. The number of ether oxygens (including phenoxy) is 2. The van der Waals surface area contributed by atoms with Crippen LogP contribution in [0.4, 0.5) is 8.78 Å². The molecule has 0 aliphatic rings. The number of rotatable bonds is 10. The minimum Gasteiger partial charge on any atom is -0.494 e. The summed E-state index contributed by atoms with van der Waals surface area (Å²) in [5, 5.41) is 0. The smallest absolute Gasteiger partial charge is 0.247 e. The van der Waals surface area contributed by atoms with Crippen LogP contribution in [0.3, 0.4) is 0 Å². The molecule has 0 aliphatic heterocycles. The zero-order chi connectivity index (χ0) is 21.4. The monoisotopic (exact) mass is 411 g/mol. The van der Waals surface area contributed by atoms with Crippen LogP contribution in [-0.4, -0.2) is 18.0 Å². The minimum absolute atomic E-state index is 0.351. The van der Waals surface area contributed by atoms with Crippen molar-refractivity contribution >= 4 is 0 Å². The summed E-state index contributed by atoms with van der Waals surface area (Å²) in [6, 6.07) is 22.0. The molecule has 0 bridgehead atoms. The fourth-order valence-electron chi connectivity index (χ4n) is 3.38. The van der Waals surface area contributed by atoms with Gasteiger partial charge in [0, 0.05) is 11.8 Å². The number of aromatic nitrogens is 1. The van der Waals surface area contributed by atoms with Crippen LogP contribution in [0.1, 0.15) is 37.9 Å². The molecule has 0 aliphatic carbocycles. The van der Waals surface area contributed by atoms with E-state index >= 15 is 0 Å². The van der Waals surface area contributed by atoms with Crippen molar-refractivity contribution in [2.45, 2.75) is 45.0 Å². The first-order chi connectivity index (χ1) is 14.5. The van der Waals surface area contributed by atoms with Crippen LogP contribution in [0, 0.1) is 0 Å². The fraction of sp³-hybridized carbons (Fsp3) is 0.320. The molecule has 1 aromatic heterocycles. The van der Waals surface area contributed by atoms with Crippen LogP contribution in [-0.2, 0) is 11.8 Å².